The van der Waals surface area contributed by atoms with Gasteiger partial charge in [-0.15, -0.1) is 0 Å². The zero-order chi connectivity index (χ0) is 11.4. The van der Waals surface area contributed by atoms with Crippen molar-refractivity contribution in [3.05, 3.63) is 35.4 Å². The molecule has 1 aromatic carbocycles. The molecule has 88 valence electrons. The Morgan fingerprint density at radius 2 is 1.94 bits per heavy atom. The molecule has 0 aromatic heterocycles. The van der Waals surface area contributed by atoms with E-state index in [-0.39, 0.29) is 6.10 Å². The van der Waals surface area contributed by atoms with Gasteiger partial charge in [0.15, 0.2) is 0 Å². The molecule has 1 atom stereocenters. The van der Waals surface area contributed by atoms with Gasteiger partial charge in [0.25, 0.3) is 0 Å². The van der Waals surface area contributed by atoms with Crippen LogP contribution in [0.1, 0.15) is 56.3 Å². The molecule has 2 rings (SSSR count). The maximum atomic E-state index is 9.94. The summed E-state index contributed by atoms with van der Waals surface area (Å²) in [5, 5.41) is 9.94. The normalized spacial score (nSPS) is 17.4. The molecule has 1 nitrogen and oxygen atoms in total. The van der Waals surface area contributed by atoms with Gasteiger partial charge < -0.3 is 5.11 Å². The molecular formula is C15H22O. The van der Waals surface area contributed by atoms with Crippen molar-refractivity contribution in [2.24, 2.45) is 5.92 Å². The predicted molar refractivity (Wildman–Crippen MR) is 67.4 cm³/mol. The minimum atomic E-state index is -0.269. The molecular weight excluding hydrogens is 196 g/mol. The van der Waals surface area contributed by atoms with Crippen molar-refractivity contribution < 1.29 is 5.11 Å². The molecule has 1 aliphatic rings. The summed E-state index contributed by atoms with van der Waals surface area (Å²) in [6.45, 7) is 2.16. The fourth-order valence-corrected chi connectivity index (χ4v) is 2.10. The Labute approximate surface area is 98.5 Å². The quantitative estimate of drug-likeness (QED) is 0.768. The van der Waals surface area contributed by atoms with Crippen LogP contribution in [-0.2, 0) is 6.42 Å². The Morgan fingerprint density at radius 3 is 2.50 bits per heavy atom. The van der Waals surface area contributed by atoms with Crippen LogP contribution in [0.15, 0.2) is 24.3 Å². The van der Waals surface area contributed by atoms with Crippen molar-refractivity contribution in [2.75, 3.05) is 0 Å². The Morgan fingerprint density at radius 1 is 1.25 bits per heavy atom. The van der Waals surface area contributed by atoms with Crippen LogP contribution in [0.4, 0.5) is 0 Å². The summed E-state index contributed by atoms with van der Waals surface area (Å²) in [4.78, 5) is 0. The number of rotatable bonds is 6. The third-order valence-electron chi connectivity index (χ3n) is 3.42. The van der Waals surface area contributed by atoms with E-state index >= 15 is 0 Å². The van der Waals surface area contributed by atoms with Gasteiger partial charge in [-0.1, -0.05) is 44.0 Å². The molecule has 1 heteroatoms. The lowest BCUT2D eigenvalue weighted by molar-refractivity contribution is 0.164. The lowest BCUT2D eigenvalue weighted by Gasteiger charge is -2.10. The number of aliphatic hydroxyl groups is 1. The summed E-state index contributed by atoms with van der Waals surface area (Å²) in [7, 11) is 0. The molecule has 0 amide bonds. The minimum Gasteiger partial charge on any atom is -0.388 e. The monoisotopic (exact) mass is 218 g/mol. The predicted octanol–water partition coefficient (Wildman–Crippen LogP) is 3.86. The van der Waals surface area contributed by atoms with Gasteiger partial charge in [0.1, 0.15) is 0 Å². The van der Waals surface area contributed by atoms with Gasteiger partial charge in [0, 0.05) is 0 Å². The number of benzene rings is 1. The highest BCUT2D eigenvalue weighted by Gasteiger charge is 2.21. The first-order valence-corrected chi connectivity index (χ1v) is 6.56. The number of hydrogen-bond acceptors (Lipinski definition) is 1. The first kappa shape index (κ1) is 11.7. The van der Waals surface area contributed by atoms with Crippen molar-refractivity contribution in [3.8, 4) is 0 Å². The van der Waals surface area contributed by atoms with Gasteiger partial charge in [-0.3, -0.25) is 0 Å². The molecule has 0 heterocycles. The van der Waals surface area contributed by atoms with Gasteiger partial charge >= 0.3 is 0 Å². The Balaban J connectivity index is 1.89. The Hall–Kier alpha value is -0.820. The molecule has 1 N–H and O–H groups in total. The van der Waals surface area contributed by atoms with Gasteiger partial charge in [-0.2, -0.15) is 0 Å². The minimum absolute atomic E-state index is 0.269. The van der Waals surface area contributed by atoms with Crippen molar-refractivity contribution in [2.45, 2.75) is 51.6 Å². The van der Waals surface area contributed by atoms with Crippen LogP contribution >= 0.6 is 0 Å². The van der Waals surface area contributed by atoms with Crippen molar-refractivity contribution in [3.63, 3.8) is 0 Å². The summed E-state index contributed by atoms with van der Waals surface area (Å²) >= 11 is 0. The van der Waals surface area contributed by atoms with Crippen LogP contribution in [-0.4, -0.2) is 5.11 Å². The van der Waals surface area contributed by atoms with Gasteiger partial charge in [0.2, 0.25) is 0 Å². The number of aliphatic hydroxyl groups excluding tert-OH is 1. The average molecular weight is 218 g/mol. The van der Waals surface area contributed by atoms with Crippen LogP contribution in [0, 0.1) is 5.92 Å². The average Bonchev–Trinajstić information content (AvgIpc) is 3.11. The molecule has 0 radical (unpaired) electrons. The molecule has 1 aromatic rings. The zero-order valence-electron chi connectivity index (χ0n) is 10.2. The zero-order valence-corrected chi connectivity index (χ0v) is 10.2. The first-order valence-electron chi connectivity index (χ1n) is 6.56. The number of hydrogen-bond donors (Lipinski definition) is 1. The van der Waals surface area contributed by atoms with E-state index in [0.717, 1.165) is 30.7 Å². The van der Waals surface area contributed by atoms with Crippen molar-refractivity contribution in [1.29, 1.82) is 0 Å². The smallest absolute Gasteiger partial charge is 0.0790 e. The van der Waals surface area contributed by atoms with Crippen LogP contribution in [0.25, 0.3) is 0 Å². The molecule has 16 heavy (non-hydrogen) atoms. The summed E-state index contributed by atoms with van der Waals surface area (Å²) < 4.78 is 0. The highest BCUT2D eigenvalue weighted by molar-refractivity contribution is 5.24. The lowest BCUT2D eigenvalue weighted by Crippen LogP contribution is -1.97. The van der Waals surface area contributed by atoms with E-state index in [0.29, 0.717) is 0 Å². The van der Waals surface area contributed by atoms with Crippen LogP contribution < -0.4 is 0 Å². The van der Waals surface area contributed by atoms with Crippen LogP contribution in [0.2, 0.25) is 0 Å². The summed E-state index contributed by atoms with van der Waals surface area (Å²) in [5.41, 5.74) is 2.50. The molecule has 1 saturated carbocycles. The molecule has 0 spiro atoms. The second-order valence-corrected chi connectivity index (χ2v) is 5.05. The van der Waals surface area contributed by atoms with E-state index < -0.39 is 0 Å². The largest absolute Gasteiger partial charge is 0.388 e. The maximum absolute atomic E-state index is 9.94. The van der Waals surface area contributed by atoms with Crippen molar-refractivity contribution >= 4 is 0 Å². The standard InChI is InChI=1S/C15H22O/c1-2-3-4-15(16)14-9-7-13(8-10-14)11-12-5-6-12/h7-10,12,15-16H,2-6,11H2,1H3. The van der Waals surface area contributed by atoms with Gasteiger partial charge in [0.05, 0.1) is 6.10 Å². The summed E-state index contributed by atoms with van der Waals surface area (Å²) in [5.74, 6) is 0.941. The number of unbranched alkanes of at least 4 members (excludes halogenated alkanes) is 1. The van der Waals surface area contributed by atoms with E-state index in [1.165, 1.54) is 24.8 Å². The maximum Gasteiger partial charge on any atom is 0.0790 e. The third-order valence-corrected chi connectivity index (χ3v) is 3.42. The molecule has 0 saturated heterocycles. The molecule has 0 bridgehead atoms. The lowest BCUT2D eigenvalue weighted by atomic mass is 10.0. The Bertz CT molecular complexity index is 311. The molecule has 1 unspecified atom stereocenters. The van der Waals surface area contributed by atoms with E-state index in [9.17, 15) is 5.11 Å². The van der Waals surface area contributed by atoms with Crippen LogP contribution in [0.5, 0.6) is 0 Å². The highest BCUT2D eigenvalue weighted by Crippen LogP contribution is 2.32. The van der Waals surface area contributed by atoms with E-state index in [2.05, 4.69) is 31.2 Å². The topological polar surface area (TPSA) is 20.2 Å². The Kier molecular flexibility index (Phi) is 4.00. The second kappa shape index (κ2) is 5.49. The molecule has 1 aliphatic carbocycles. The molecule has 1 fully saturated rings. The highest BCUT2D eigenvalue weighted by atomic mass is 16.3. The summed E-state index contributed by atoms with van der Waals surface area (Å²) in [6.07, 6.45) is 6.91. The van der Waals surface area contributed by atoms with Gasteiger partial charge in [-0.25, -0.2) is 0 Å². The van der Waals surface area contributed by atoms with E-state index in [1.54, 1.807) is 0 Å². The van der Waals surface area contributed by atoms with E-state index in [1.807, 2.05) is 0 Å². The first-order chi connectivity index (χ1) is 7.79. The third kappa shape index (κ3) is 3.34. The SMILES string of the molecule is CCCCC(O)c1ccc(CC2CC2)cc1. The fraction of sp³-hybridized carbons (Fsp3) is 0.600. The van der Waals surface area contributed by atoms with Crippen molar-refractivity contribution in [1.82, 2.24) is 0 Å². The van der Waals surface area contributed by atoms with Crippen LogP contribution in [0.3, 0.4) is 0 Å². The van der Waals surface area contributed by atoms with E-state index in [4.69, 9.17) is 0 Å². The second-order valence-electron chi connectivity index (χ2n) is 5.05. The summed E-state index contributed by atoms with van der Waals surface area (Å²) in [6, 6.07) is 8.56. The van der Waals surface area contributed by atoms with Gasteiger partial charge in [-0.05, 0) is 42.7 Å². The molecule has 0 aliphatic heterocycles. The fourth-order valence-electron chi connectivity index (χ4n) is 2.10.